The van der Waals surface area contributed by atoms with Crippen molar-refractivity contribution in [2.45, 2.75) is 12.2 Å². The molecule has 0 aliphatic carbocycles. The van der Waals surface area contributed by atoms with Crippen LogP contribution in [0.2, 0.25) is 0 Å². The van der Waals surface area contributed by atoms with Crippen molar-refractivity contribution in [2.75, 3.05) is 47.6 Å². The number of aliphatic hydroxyl groups is 2. The summed E-state index contributed by atoms with van der Waals surface area (Å²) in [6.45, 7) is 1.58. The molecule has 0 spiro atoms. The highest BCUT2D eigenvalue weighted by Crippen LogP contribution is 1.93. The Labute approximate surface area is 85.2 Å². The molecule has 0 aromatic heterocycles. The van der Waals surface area contributed by atoms with Gasteiger partial charge in [-0.1, -0.05) is 0 Å². The van der Waals surface area contributed by atoms with E-state index in [1.807, 2.05) is 11.9 Å². The molecule has 2 N–H and O–H groups in total. The van der Waals surface area contributed by atoms with E-state index in [-0.39, 0.29) is 0 Å². The summed E-state index contributed by atoms with van der Waals surface area (Å²) in [5, 5.41) is 18.8. The van der Waals surface area contributed by atoms with Crippen molar-refractivity contribution in [1.29, 1.82) is 0 Å². The first-order chi connectivity index (χ1) is 6.60. The zero-order valence-corrected chi connectivity index (χ0v) is 9.14. The Kier molecular flexibility index (Phi) is 8.02. The first-order valence-corrected chi connectivity index (χ1v) is 4.62. The first-order valence-electron chi connectivity index (χ1n) is 4.62. The molecule has 0 radical (unpaired) electrons. The molecule has 0 aliphatic heterocycles. The molecule has 0 rings (SSSR count). The number of hydrogen-bond acceptors (Lipinski definition) is 5. The molecule has 14 heavy (non-hydrogen) atoms. The average Bonchev–Trinajstić information content (AvgIpc) is 2.03. The Hall–Kier alpha value is -0.200. The third-order valence-corrected chi connectivity index (χ3v) is 1.76. The van der Waals surface area contributed by atoms with Gasteiger partial charge in [0, 0.05) is 27.3 Å². The van der Waals surface area contributed by atoms with Crippen LogP contribution in [0, 0.1) is 0 Å². The lowest BCUT2D eigenvalue weighted by Crippen LogP contribution is -2.38. The molecule has 0 aromatic carbocycles. The van der Waals surface area contributed by atoms with Crippen LogP contribution in [0.4, 0.5) is 0 Å². The second-order valence-corrected chi connectivity index (χ2v) is 3.44. The first kappa shape index (κ1) is 13.8. The highest BCUT2D eigenvalue weighted by Gasteiger charge is 2.11. The van der Waals surface area contributed by atoms with Crippen LogP contribution in [0.15, 0.2) is 0 Å². The number of methoxy groups -OCH3 is 2. The Bertz CT molecular complexity index is 120. The largest absolute Gasteiger partial charge is 0.389 e. The Morgan fingerprint density at radius 1 is 1.00 bits per heavy atom. The minimum absolute atomic E-state index is 0.310. The van der Waals surface area contributed by atoms with Crippen LogP contribution < -0.4 is 0 Å². The molecule has 5 nitrogen and oxygen atoms in total. The standard InChI is InChI=1S/C9H21NO4/c1-10(4-8(11)6-13-2)5-9(12)7-14-3/h8-9,11-12H,4-7H2,1-3H3. The van der Waals surface area contributed by atoms with E-state index >= 15 is 0 Å². The summed E-state index contributed by atoms with van der Waals surface area (Å²) in [6, 6.07) is 0. The minimum atomic E-state index is -0.514. The number of nitrogens with zero attached hydrogens (tertiary/aromatic N) is 1. The molecular formula is C9H21NO4. The van der Waals surface area contributed by atoms with E-state index in [2.05, 4.69) is 0 Å². The van der Waals surface area contributed by atoms with Crippen LogP contribution in [0.3, 0.4) is 0 Å². The van der Waals surface area contributed by atoms with Crippen LogP contribution >= 0.6 is 0 Å². The van der Waals surface area contributed by atoms with E-state index in [1.165, 1.54) is 0 Å². The monoisotopic (exact) mass is 207 g/mol. The van der Waals surface area contributed by atoms with Crippen molar-refractivity contribution in [2.24, 2.45) is 0 Å². The van der Waals surface area contributed by atoms with Crippen LogP contribution in [0.5, 0.6) is 0 Å². The number of hydrogen-bond donors (Lipinski definition) is 2. The van der Waals surface area contributed by atoms with Crippen LogP contribution in [-0.2, 0) is 9.47 Å². The smallest absolute Gasteiger partial charge is 0.0899 e. The lowest BCUT2D eigenvalue weighted by molar-refractivity contribution is 0.0141. The van der Waals surface area contributed by atoms with Gasteiger partial charge in [-0.2, -0.15) is 0 Å². The summed E-state index contributed by atoms with van der Waals surface area (Å²) < 4.78 is 9.59. The van der Waals surface area contributed by atoms with Gasteiger partial charge in [0.1, 0.15) is 0 Å². The highest BCUT2D eigenvalue weighted by molar-refractivity contribution is 4.64. The van der Waals surface area contributed by atoms with E-state index in [4.69, 9.17) is 9.47 Å². The van der Waals surface area contributed by atoms with Gasteiger partial charge < -0.3 is 24.6 Å². The lowest BCUT2D eigenvalue weighted by Gasteiger charge is -2.22. The molecule has 0 saturated carbocycles. The van der Waals surface area contributed by atoms with Gasteiger partial charge in [-0.25, -0.2) is 0 Å². The summed E-state index contributed by atoms with van der Waals surface area (Å²) in [6.07, 6.45) is -1.03. The Morgan fingerprint density at radius 3 is 1.64 bits per heavy atom. The average molecular weight is 207 g/mol. The summed E-state index contributed by atoms with van der Waals surface area (Å²) in [5.74, 6) is 0. The normalized spacial score (nSPS) is 15.9. The SMILES string of the molecule is COCC(O)CN(C)CC(O)COC. The van der Waals surface area contributed by atoms with Gasteiger partial charge in [0.2, 0.25) is 0 Å². The van der Waals surface area contributed by atoms with Gasteiger partial charge in [-0.15, -0.1) is 0 Å². The van der Waals surface area contributed by atoms with Gasteiger partial charge in [-0.05, 0) is 7.05 Å². The third kappa shape index (κ3) is 7.23. The highest BCUT2D eigenvalue weighted by atomic mass is 16.5. The van der Waals surface area contributed by atoms with Crippen molar-refractivity contribution in [3.63, 3.8) is 0 Å². The molecular weight excluding hydrogens is 186 g/mol. The van der Waals surface area contributed by atoms with Crippen molar-refractivity contribution < 1.29 is 19.7 Å². The molecule has 0 bridgehead atoms. The van der Waals surface area contributed by atoms with Gasteiger partial charge >= 0.3 is 0 Å². The molecule has 5 heteroatoms. The van der Waals surface area contributed by atoms with E-state index in [1.54, 1.807) is 14.2 Å². The van der Waals surface area contributed by atoms with Gasteiger partial charge in [-0.3, -0.25) is 0 Å². The molecule has 2 unspecified atom stereocenters. The van der Waals surface area contributed by atoms with E-state index in [9.17, 15) is 10.2 Å². The number of likely N-dealkylation sites (N-methyl/N-ethyl adjacent to an activating group) is 1. The fourth-order valence-corrected chi connectivity index (χ4v) is 1.28. The maximum atomic E-state index is 9.38. The predicted molar refractivity (Wildman–Crippen MR) is 53.3 cm³/mol. The van der Waals surface area contributed by atoms with Gasteiger partial charge in [0.25, 0.3) is 0 Å². The van der Waals surface area contributed by atoms with E-state index < -0.39 is 12.2 Å². The van der Waals surface area contributed by atoms with Crippen LogP contribution in [-0.4, -0.2) is 74.9 Å². The molecule has 0 fully saturated rings. The molecule has 0 heterocycles. The van der Waals surface area contributed by atoms with Crippen molar-refractivity contribution in [1.82, 2.24) is 4.90 Å². The molecule has 0 aliphatic rings. The van der Waals surface area contributed by atoms with E-state index in [0.717, 1.165) is 0 Å². The fourth-order valence-electron chi connectivity index (χ4n) is 1.28. The second-order valence-electron chi connectivity index (χ2n) is 3.44. The van der Waals surface area contributed by atoms with Crippen molar-refractivity contribution in [3.8, 4) is 0 Å². The summed E-state index contributed by atoms with van der Waals surface area (Å²) in [5.41, 5.74) is 0. The number of ether oxygens (including phenoxy) is 2. The zero-order chi connectivity index (χ0) is 11.0. The Morgan fingerprint density at radius 2 is 1.36 bits per heavy atom. The second kappa shape index (κ2) is 8.14. The fraction of sp³-hybridized carbons (Fsp3) is 1.00. The molecule has 2 atom stereocenters. The van der Waals surface area contributed by atoms with Crippen molar-refractivity contribution >= 4 is 0 Å². The maximum Gasteiger partial charge on any atom is 0.0899 e. The van der Waals surface area contributed by atoms with Gasteiger partial charge in [0.15, 0.2) is 0 Å². The quantitative estimate of drug-likeness (QED) is 0.531. The van der Waals surface area contributed by atoms with Crippen LogP contribution in [0.25, 0.3) is 0 Å². The lowest BCUT2D eigenvalue weighted by atomic mass is 10.3. The van der Waals surface area contributed by atoms with Gasteiger partial charge in [0.05, 0.1) is 25.4 Å². The zero-order valence-electron chi connectivity index (χ0n) is 9.14. The summed E-state index contributed by atoms with van der Waals surface area (Å²) >= 11 is 0. The number of aliphatic hydroxyl groups excluding tert-OH is 2. The topological polar surface area (TPSA) is 62.2 Å². The molecule has 0 saturated heterocycles. The molecule has 86 valence electrons. The Balaban J connectivity index is 3.57. The number of rotatable bonds is 8. The molecule has 0 amide bonds. The predicted octanol–water partition coefficient (Wildman–Crippen LogP) is -1.07. The minimum Gasteiger partial charge on any atom is -0.389 e. The summed E-state index contributed by atoms with van der Waals surface area (Å²) in [4.78, 5) is 1.84. The maximum absolute atomic E-state index is 9.38. The third-order valence-electron chi connectivity index (χ3n) is 1.76. The molecule has 0 aromatic rings. The van der Waals surface area contributed by atoms with E-state index in [0.29, 0.717) is 26.3 Å². The van der Waals surface area contributed by atoms with Crippen LogP contribution in [0.1, 0.15) is 0 Å². The van der Waals surface area contributed by atoms with Crippen molar-refractivity contribution in [3.05, 3.63) is 0 Å². The summed E-state index contributed by atoms with van der Waals surface area (Å²) in [7, 11) is 4.92.